The number of sulfonamides is 1. The third-order valence-electron chi connectivity index (χ3n) is 3.26. The fourth-order valence-corrected chi connectivity index (χ4v) is 2.78. The minimum atomic E-state index is -3.52. The van der Waals surface area contributed by atoms with Gasteiger partial charge in [-0.15, -0.1) is 0 Å². The highest BCUT2D eigenvalue weighted by atomic mass is 32.2. The number of hydrogen-bond acceptors (Lipinski definition) is 4. The Labute approximate surface area is 127 Å². The van der Waals surface area contributed by atoms with Gasteiger partial charge in [0.25, 0.3) is 0 Å². The van der Waals surface area contributed by atoms with Crippen molar-refractivity contribution in [1.82, 2.24) is 9.62 Å². The maximum atomic E-state index is 12.2. The maximum Gasteiger partial charge on any atom is 0.240 e. The average molecular weight is 310 g/mol. The first-order chi connectivity index (χ1) is 9.77. The van der Waals surface area contributed by atoms with E-state index >= 15 is 0 Å². The van der Waals surface area contributed by atoms with Crippen LogP contribution in [0.2, 0.25) is 0 Å². The Bertz CT molecular complexity index is 643. The van der Waals surface area contributed by atoms with Gasteiger partial charge in [0, 0.05) is 18.2 Å². The van der Waals surface area contributed by atoms with Gasteiger partial charge in [-0.05, 0) is 51.7 Å². The predicted molar refractivity (Wildman–Crippen MR) is 83.5 cm³/mol. The lowest BCUT2D eigenvalue weighted by molar-refractivity contribution is 0.314. The van der Waals surface area contributed by atoms with Crippen LogP contribution in [-0.4, -0.2) is 51.7 Å². The van der Waals surface area contributed by atoms with Gasteiger partial charge < -0.3 is 10.0 Å². The zero-order valence-electron chi connectivity index (χ0n) is 12.8. The van der Waals surface area contributed by atoms with E-state index in [-0.39, 0.29) is 17.5 Å². The number of hydrogen-bond donors (Lipinski definition) is 2. The highest BCUT2D eigenvalue weighted by Gasteiger charge is 2.16. The Morgan fingerprint density at radius 2 is 2.05 bits per heavy atom. The molecule has 0 amide bonds. The Balaban J connectivity index is 2.92. The highest BCUT2D eigenvalue weighted by Crippen LogP contribution is 2.14. The second-order valence-electron chi connectivity index (χ2n) is 5.10. The summed E-state index contributed by atoms with van der Waals surface area (Å²) >= 11 is 0. The molecule has 1 aromatic carbocycles. The molecule has 0 aliphatic heterocycles. The minimum absolute atomic E-state index is 0.107. The van der Waals surface area contributed by atoms with Gasteiger partial charge in [0.05, 0.1) is 4.90 Å². The summed E-state index contributed by atoms with van der Waals surface area (Å²) in [5.74, 6) is 5.34. The number of likely N-dealkylation sites (N-methyl/N-ethyl adjacent to an activating group) is 1. The quantitative estimate of drug-likeness (QED) is 0.780. The first-order valence-corrected chi connectivity index (χ1v) is 8.12. The van der Waals surface area contributed by atoms with Crippen molar-refractivity contribution >= 4 is 10.0 Å². The summed E-state index contributed by atoms with van der Waals surface area (Å²) < 4.78 is 27.1. The lowest BCUT2D eigenvalue weighted by Crippen LogP contribution is -2.38. The number of nitrogens with one attached hydrogen (secondary N) is 1. The predicted octanol–water partition coefficient (Wildman–Crippen LogP) is 0.567. The largest absolute Gasteiger partial charge is 0.384 e. The molecule has 0 saturated heterocycles. The Morgan fingerprint density at radius 3 is 2.57 bits per heavy atom. The summed E-state index contributed by atoms with van der Waals surface area (Å²) in [5.41, 5.74) is 1.48. The van der Waals surface area contributed by atoms with Crippen LogP contribution in [0.4, 0.5) is 0 Å². The van der Waals surface area contributed by atoms with Crippen LogP contribution in [0.15, 0.2) is 23.1 Å². The Kier molecular flexibility index (Phi) is 6.37. The molecule has 5 nitrogen and oxygen atoms in total. The van der Waals surface area contributed by atoms with Crippen molar-refractivity contribution in [3.05, 3.63) is 29.3 Å². The smallest absolute Gasteiger partial charge is 0.240 e. The number of rotatable bonds is 5. The summed E-state index contributed by atoms with van der Waals surface area (Å²) in [6, 6.07) is 4.87. The molecular formula is C15H22N2O3S. The van der Waals surface area contributed by atoms with E-state index in [0.717, 1.165) is 5.56 Å². The van der Waals surface area contributed by atoms with Crippen LogP contribution < -0.4 is 4.72 Å². The molecule has 21 heavy (non-hydrogen) atoms. The van der Waals surface area contributed by atoms with Crippen molar-refractivity contribution in [3.63, 3.8) is 0 Å². The van der Waals surface area contributed by atoms with Crippen LogP contribution in [-0.2, 0) is 10.0 Å². The molecule has 1 aromatic rings. The van der Waals surface area contributed by atoms with Gasteiger partial charge in [-0.2, -0.15) is 0 Å². The van der Waals surface area contributed by atoms with E-state index in [4.69, 9.17) is 5.11 Å². The van der Waals surface area contributed by atoms with Gasteiger partial charge >= 0.3 is 0 Å². The van der Waals surface area contributed by atoms with E-state index in [2.05, 4.69) is 16.6 Å². The molecule has 116 valence electrons. The van der Waals surface area contributed by atoms with Crippen molar-refractivity contribution < 1.29 is 13.5 Å². The number of aliphatic hydroxyl groups excluding tert-OH is 1. The van der Waals surface area contributed by atoms with E-state index in [9.17, 15) is 8.42 Å². The first kappa shape index (κ1) is 17.7. The number of benzene rings is 1. The standard InChI is InChI=1S/C15H22N2O3S/c1-12-10-15(8-7-14(12)6-5-9-18)21(19,20)16-11-13(2)17(3)4/h7-8,10,13,16,18H,9,11H2,1-4H3. The van der Waals surface area contributed by atoms with Crippen molar-refractivity contribution in [2.24, 2.45) is 0 Å². The van der Waals surface area contributed by atoms with Gasteiger partial charge in [0.15, 0.2) is 0 Å². The second-order valence-corrected chi connectivity index (χ2v) is 6.87. The Morgan fingerprint density at radius 1 is 1.38 bits per heavy atom. The van der Waals surface area contributed by atoms with E-state index in [1.54, 1.807) is 19.1 Å². The summed E-state index contributed by atoms with van der Waals surface area (Å²) in [5, 5.41) is 8.69. The minimum Gasteiger partial charge on any atom is -0.384 e. The van der Waals surface area contributed by atoms with Gasteiger partial charge in [0.1, 0.15) is 6.61 Å². The molecule has 0 aliphatic rings. The molecule has 6 heteroatoms. The van der Waals surface area contributed by atoms with Gasteiger partial charge in [0.2, 0.25) is 10.0 Å². The molecule has 2 N–H and O–H groups in total. The van der Waals surface area contributed by atoms with E-state index in [0.29, 0.717) is 12.1 Å². The average Bonchev–Trinajstić information content (AvgIpc) is 2.43. The summed E-state index contributed by atoms with van der Waals surface area (Å²) in [4.78, 5) is 2.17. The molecule has 0 aromatic heterocycles. The van der Waals surface area contributed by atoms with Crippen LogP contribution in [0, 0.1) is 18.8 Å². The van der Waals surface area contributed by atoms with Crippen LogP contribution in [0.5, 0.6) is 0 Å². The molecule has 0 radical (unpaired) electrons. The van der Waals surface area contributed by atoms with Crippen molar-refractivity contribution in [2.45, 2.75) is 24.8 Å². The number of aliphatic hydroxyl groups is 1. The SMILES string of the molecule is Cc1cc(S(=O)(=O)NCC(C)N(C)C)ccc1C#CCO. The van der Waals surface area contributed by atoms with Gasteiger partial charge in [-0.1, -0.05) is 11.8 Å². The molecule has 1 atom stereocenters. The molecule has 0 saturated carbocycles. The third kappa shape index (κ3) is 5.14. The zero-order chi connectivity index (χ0) is 16.0. The van der Waals surface area contributed by atoms with Crippen molar-refractivity contribution in [3.8, 4) is 11.8 Å². The number of aryl methyl sites for hydroxylation is 1. The maximum absolute atomic E-state index is 12.2. The van der Waals surface area contributed by atoms with Crippen LogP contribution >= 0.6 is 0 Å². The fraction of sp³-hybridized carbons (Fsp3) is 0.467. The third-order valence-corrected chi connectivity index (χ3v) is 4.68. The fourth-order valence-electron chi connectivity index (χ4n) is 1.57. The lowest BCUT2D eigenvalue weighted by Gasteiger charge is -2.20. The highest BCUT2D eigenvalue weighted by molar-refractivity contribution is 7.89. The summed E-state index contributed by atoms with van der Waals surface area (Å²) in [6.45, 7) is 3.87. The van der Waals surface area contributed by atoms with Crippen molar-refractivity contribution in [1.29, 1.82) is 0 Å². The topological polar surface area (TPSA) is 69.6 Å². The van der Waals surface area contributed by atoms with Gasteiger partial charge in [-0.3, -0.25) is 0 Å². The molecule has 0 aliphatic carbocycles. The molecule has 1 unspecified atom stereocenters. The molecule has 0 spiro atoms. The van der Waals surface area contributed by atoms with E-state index < -0.39 is 10.0 Å². The van der Waals surface area contributed by atoms with Crippen LogP contribution in [0.25, 0.3) is 0 Å². The molecular weight excluding hydrogens is 288 g/mol. The summed E-state index contributed by atoms with van der Waals surface area (Å²) in [7, 11) is 0.278. The zero-order valence-corrected chi connectivity index (χ0v) is 13.7. The monoisotopic (exact) mass is 310 g/mol. The van der Waals surface area contributed by atoms with E-state index in [1.807, 2.05) is 25.9 Å². The lowest BCUT2D eigenvalue weighted by atomic mass is 10.1. The van der Waals surface area contributed by atoms with Gasteiger partial charge in [-0.25, -0.2) is 13.1 Å². The van der Waals surface area contributed by atoms with Crippen LogP contribution in [0.3, 0.4) is 0 Å². The van der Waals surface area contributed by atoms with Crippen LogP contribution in [0.1, 0.15) is 18.1 Å². The normalized spacial score (nSPS) is 12.9. The molecule has 0 fully saturated rings. The molecule has 1 rings (SSSR count). The van der Waals surface area contributed by atoms with E-state index in [1.165, 1.54) is 6.07 Å². The molecule has 0 heterocycles. The Hall–Kier alpha value is -1.39. The first-order valence-electron chi connectivity index (χ1n) is 6.64. The molecule has 0 bridgehead atoms. The second kappa shape index (κ2) is 7.57. The number of nitrogens with zero attached hydrogens (tertiary/aromatic N) is 1. The summed E-state index contributed by atoms with van der Waals surface area (Å²) in [6.07, 6.45) is 0. The van der Waals surface area contributed by atoms with Crippen molar-refractivity contribution in [2.75, 3.05) is 27.2 Å².